The fraction of sp³-hybridized carbons (Fsp3) is 0.429. The molecular weight excluding hydrogens is 316 g/mol. The first-order valence-corrected chi connectivity index (χ1v) is 9.43. The molecule has 0 spiro atoms. The van der Waals surface area contributed by atoms with Crippen LogP contribution in [0.5, 0.6) is 11.5 Å². The zero-order valence-corrected chi connectivity index (χ0v) is 16.5. The molecule has 0 unspecified atom stereocenters. The second kappa shape index (κ2) is 6.36. The van der Waals surface area contributed by atoms with Crippen LogP contribution in [0.4, 0.5) is 0 Å². The molecule has 0 aliphatic heterocycles. The van der Waals surface area contributed by atoms with Crippen molar-refractivity contribution < 1.29 is 10.2 Å². The van der Waals surface area contributed by atoms with E-state index >= 15 is 0 Å². The lowest BCUT2D eigenvalue weighted by atomic mass is 9.77. The molecule has 0 saturated carbocycles. The predicted octanol–water partition coefficient (Wildman–Crippen LogP) is 6.08. The van der Waals surface area contributed by atoms with Crippen LogP contribution in [0.2, 0.25) is 0 Å². The fourth-order valence-corrected chi connectivity index (χ4v) is 3.25. The number of hydrogen-bond donors (Lipinski definition) is 2. The third-order valence-electron chi connectivity index (χ3n) is 4.24. The summed E-state index contributed by atoms with van der Waals surface area (Å²) in [7, 11) is 0. The number of phenolic OH excluding ortho intramolecular Hbond substituents is 2. The minimum absolute atomic E-state index is 0.188. The summed E-state index contributed by atoms with van der Waals surface area (Å²) in [6, 6.07) is 9.67. The van der Waals surface area contributed by atoms with Crippen molar-refractivity contribution in [1.82, 2.24) is 0 Å². The highest BCUT2D eigenvalue weighted by atomic mass is 32.2. The lowest BCUT2D eigenvalue weighted by molar-refractivity contribution is 0.423. The van der Waals surface area contributed by atoms with E-state index in [4.69, 9.17) is 0 Å². The van der Waals surface area contributed by atoms with E-state index in [1.807, 2.05) is 30.5 Å². The van der Waals surface area contributed by atoms with Gasteiger partial charge in [-0.15, -0.1) is 11.8 Å². The Bertz CT molecular complexity index is 714. The van der Waals surface area contributed by atoms with Crippen LogP contribution in [-0.4, -0.2) is 16.5 Å². The van der Waals surface area contributed by atoms with Crippen molar-refractivity contribution in [3.8, 4) is 22.6 Å². The van der Waals surface area contributed by atoms with Crippen LogP contribution in [0.1, 0.15) is 52.7 Å². The first-order chi connectivity index (χ1) is 10.9. The van der Waals surface area contributed by atoms with Gasteiger partial charge in [-0.3, -0.25) is 0 Å². The van der Waals surface area contributed by atoms with Crippen LogP contribution >= 0.6 is 11.8 Å². The monoisotopic (exact) mass is 344 g/mol. The largest absolute Gasteiger partial charge is 0.507 e. The number of thioether (sulfide) groups is 1. The molecule has 0 aliphatic rings. The van der Waals surface area contributed by atoms with Crippen molar-refractivity contribution in [2.45, 2.75) is 57.3 Å². The third-order valence-corrected chi connectivity index (χ3v) is 4.97. The molecule has 2 aromatic rings. The quantitative estimate of drug-likeness (QED) is 0.648. The summed E-state index contributed by atoms with van der Waals surface area (Å²) in [6.45, 7) is 12.6. The van der Waals surface area contributed by atoms with Gasteiger partial charge in [0.2, 0.25) is 0 Å². The van der Waals surface area contributed by atoms with Crippen LogP contribution in [0.25, 0.3) is 11.1 Å². The summed E-state index contributed by atoms with van der Waals surface area (Å²) in [6.07, 6.45) is 2.02. The molecule has 0 aromatic heterocycles. The van der Waals surface area contributed by atoms with Crippen LogP contribution in [-0.2, 0) is 10.8 Å². The molecule has 0 aliphatic carbocycles. The Labute approximate surface area is 149 Å². The standard InChI is InChI=1S/C21H28O2S/c1-20(2,3)16-10-13(11-17(19(16)23)21(4,5)6)15-12-14(24-7)8-9-18(15)22/h8-12,22-23H,1-7H3. The fourth-order valence-electron chi connectivity index (χ4n) is 2.81. The van der Waals surface area contributed by atoms with E-state index in [-0.39, 0.29) is 16.6 Å². The van der Waals surface area contributed by atoms with E-state index in [0.29, 0.717) is 5.75 Å². The average molecular weight is 345 g/mol. The number of rotatable bonds is 2. The van der Waals surface area contributed by atoms with Crippen LogP contribution in [0.3, 0.4) is 0 Å². The maximum atomic E-state index is 10.8. The molecule has 0 amide bonds. The number of hydrogen-bond acceptors (Lipinski definition) is 3. The summed E-state index contributed by atoms with van der Waals surface area (Å²) in [5.41, 5.74) is 3.17. The zero-order chi connectivity index (χ0) is 18.3. The van der Waals surface area contributed by atoms with E-state index < -0.39 is 0 Å². The molecule has 0 heterocycles. The topological polar surface area (TPSA) is 40.5 Å². The first kappa shape index (κ1) is 18.7. The Kier molecular flexibility index (Phi) is 4.96. The minimum atomic E-state index is -0.188. The SMILES string of the molecule is CSc1ccc(O)c(-c2cc(C(C)(C)C)c(O)c(C(C)(C)C)c2)c1. The average Bonchev–Trinajstić information content (AvgIpc) is 2.46. The Hall–Kier alpha value is -1.61. The maximum absolute atomic E-state index is 10.8. The Balaban J connectivity index is 2.81. The molecule has 130 valence electrons. The highest BCUT2D eigenvalue weighted by Crippen LogP contribution is 2.43. The molecule has 0 atom stereocenters. The van der Waals surface area contributed by atoms with Crippen molar-refractivity contribution in [3.05, 3.63) is 41.5 Å². The van der Waals surface area contributed by atoms with E-state index in [0.717, 1.165) is 27.1 Å². The van der Waals surface area contributed by atoms with Crippen LogP contribution in [0, 0.1) is 0 Å². The molecule has 2 rings (SSSR count). The lowest BCUT2D eigenvalue weighted by Crippen LogP contribution is -2.17. The van der Waals surface area contributed by atoms with Crippen molar-refractivity contribution in [1.29, 1.82) is 0 Å². The van der Waals surface area contributed by atoms with Gasteiger partial charge in [-0.1, -0.05) is 41.5 Å². The lowest BCUT2D eigenvalue weighted by Gasteiger charge is -2.28. The number of benzene rings is 2. The smallest absolute Gasteiger partial charge is 0.123 e. The molecule has 2 aromatic carbocycles. The summed E-state index contributed by atoms with van der Waals surface area (Å²) in [4.78, 5) is 1.10. The summed E-state index contributed by atoms with van der Waals surface area (Å²) >= 11 is 1.65. The third kappa shape index (κ3) is 3.72. The molecular formula is C21H28O2S. The Morgan fingerprint density at radius 3 is 1.71 bits per heavy atom. The van der Waals surface area contributed by atoms with Gasteiger partial charge < -0.3 is 10.2 Å². The van der Waals surface area contributed by atoms with Crippen molar-refractivity contribution in [3.63, 3.8) is 0 Å². The molecule has 3 heteroatoms. The highest BCUT2D eigenvalue weighted by Gasteiger charge is 2.27. The number of phenols is 2. The van der Waals surface area contributed by atoms with E-state index in [9.17, 15) is 10.2 Å². The Morgan fingerprint density at radius 1 is 0.792 bits per heavy atom. The first-order valence-electron chi connectivity index (χ1n) is 8.20. The second-order valence-electron chi connectivity index (χ2n) is 8.30. The Morgan fingerprint density at radius 2 is 1.29 bits per heavy atom. The zero-order valence-electron chi connectivity index (χ0n) is 15.7. The van der Waals surface area contributed by atoms with Gasteiger partial charge in [-0.2, -0.15) is 0 Å². The van der Waals surface area contributed by atoms with Crippen LogP contribution in [0.15, 0.2) is 35.2 Å². The van der Waals surface area contributed by atoms with Gasteiger partial charge >= 0.3 is 0 Å². The molecule has 0 saturated heterocycles. The normalized spacial score (nSPS) is 12.5. The molecule has 2 N–H and O–H groups in total. The van der Waals surface area contributed by atoms with Gasteiger partial charge in [-0.25, -0.2) is 0 Å². The predicted molar refractivity (Wildman–Crippen MR) is 104 cm³/mol. The molecule has 0 radical (unpaired) electrons. The molecule has 24 heavy (non-hydrogen) atoms. The molecule has 2 nitrogen and oxygen atoms in total. The van der Waals surface area contributed by atoms with Gasteiger partial charge in [-0.05, 0) is 53.0 Å². The minimum Gasteiger partial charge on any atom is -0.507 e. The summed E-state index contributed by atoms with van der Waals surface area (Å²) < 4.78 is 0. The van der Waals surface area contributed by atoms with Crippen molar-refractivity contribution in [2.75, 3.05) is 6.26 Å². The van der Waals surface area contributed by atoms with Gasteiger partial charge in [0.25, 0.3) is 0 Å². The molecule has 0 bridgehead atoms. The van der Waals surface area contributed by atoms with Gasteiger partial charge in [0.1, 0.15) is 11.5 Å². The van der Waals surface area contributed by atoms with Crippen molar-refractivity contribution >= 4 is 11.8 Å². The summed E-state index contributed by atoms with van der Waals surface area (Å²) in [5, 5.41) is 21.2. The highest BCUT2D eigenvalue weighted by molar-refractivity contribution is 7.98. The van der Waals surface area contributed by atoms with E-state index in [1.165, 1.54) is 0 Å². The van der Waals surface area contributed by atoms with E-state index in [2.05, 4.69) is 41.5 Å². The maximum Gasteiger partial charge on any atom is 0.123 e. The van der Waals surface area contributed by atoms with Crippen LogP contribution < -0.4 is 0 Å². The number of aromatic hydroxyl groups is 2. The summed E-state index contributed by atoms with van der Waals surface area (Å²) in [5.74, 6) is 0.623. The van der Waals surface area contributed by atoms with Gasteiger partial charge in [0.15, 0.2) is 0 Å². The second-order valence-corrected chi connectivity index (χ2v) is 9.18. The van der Waals surface area contributed by atoms with Gasteiger partial charge in [0, 0.05) is 21.6 Å². The molecule has 0 fully saturated rings. The van der Waals surface area contributed by atoms with E-state index in [1.54, 1.807) is 17.8 Å². The van der Waals surface area contributed by atoms with Gasteiger partial charge in [0.05, 0.1) is 0 Å². The van der Waals surface area contributed by atoms with Crippen molar-refractivity contribution in [2.24, 2.45) is 0 Å².